The highest BCUT2D eigenvalue weighted by molar-refractivity contribution is 5.62. The molecular formula is C20H23FN6O. The lowest BCUT2D eigenvalue weighted by atomic mass is 10.2. The van der Waals surface area contributed by atoms with Crippen molar-refractivity contribution >= 4 is 17.3 Å². The summed E-state index contributed by atoms with van der Waals surface area (Å²) < 4.78 is 21.7. The van der Waals surface area contributed by atoms with E-state index in [4.69, 9.17) is 4.74 Å². The SMILES string of the molecule is CCn1c(-c2nc(Nc3ccc(N4CCOCC4)cc3)ncc2F)cnc1C. The maximum absolute atomic E-state index is 14.4. The molecule has 1 aliphatic rings. The Morgan fingerprint density at radius 3 is 2.57 bits per heavy atom. The number of ether oxygens (including phenoxy) is 1. The minimum absolute atomic E-state index is 0.241. The van der Waals surface area contributed by atoms with Gasteiger partial charge in [-0.2, -0.15) is 0 Å². The number of anilines is 3. The molecule has 3 aromatic rings. The summed E-state index contributed by atoms with van der Waals surface area (Å²) in [5, 5.41) is 3.15. The predicted molar refractivity (Wildman–Crippen MR) is 106 cm³/mol. The van der Waals surface area contributed by atoms with E-state index in [1.807, 2.05) is 42.7 Å². The molecule has 1 saturated heterocycles. The van der Waals surface area contributed by atoms with Gasteiger partial charge in [-0.15, -0.1) is 0 Å². The molecule has 28 heavy (non-hydrogen) atoms. The van der Waals surface area contributed by atoms with Gasteiger partial charge in [-0.3, -0.25) is 0 Å². The fraction of sp³-hybridized carbons (Fsp3) is 0.350. The third kappa shape index (κ3) is 3.68. The van der Waals surface area contributed by atoms with Crippen molar-refractivity contribution < 1.29 is 9.13 Å². The molecule has 1 aromatic carbocycles. The van der Waals surface area contributed by atoms with Crippen molar-refractivity contribution in [3.8, 4) is 11.4 Å². The number of nitrogens with zero attached hydrogens (tertiary/aromatic N) is 5. The first-order valence-corrected chi connectivity index (χ1v) is 9.40. The van der Waals surface area contributed by atoms with Gasteiger partial charge in [-0.25, -0.2) is 19.3 Å². The minimum atomic E-state index is -0.470. The first kappa shape index (κ1) is 18.4. The van der Waals surface area contributed by atoms with E-state index in [-0.39, 0.29) is 5.69 Å². The summed E-state index contributed by atoms with van der Waals surface area (Å²) in [5.74, 6) is 0.698. The van der Waals surface area contributed by atoms with Crippen LogP contribution >= 0.6 is 0 Å². The summed E-state index contributed by atoms with van der Waals surface area (Å²) >= 11 is 0. The van der Waals surface area contributed by atoms with E-state index in [1.165, 1.54) is 6.20 Å². The van der Waals surface area contributed by atoms with Crippen LogP contribution in [0.2, 0.25) is 0 Å². The maximum atomic E-state index is 14.4. The summed E-state index contributed by atoms with van der Waals surface area (Å²) in [6, 6.07) is 8.04. The largest absolute Gasteiger partial charge is 0.378 e. The van der Waals surface area contributed by atoms with E-state index < -0.39 is 5.82 Å². The molecule has 4 rings (SSSR count). The van der Waals surface area contributed by atoms with Gasteiger partial charge in [0.15, 0.2) is 5.82 Å². The van der Waals surface area contributed by atoms with E-state index in [2.05, 4.69) is 25.2 Å². The summed E-state index contributed by atoms with van der Waals surface area (Å²) in [6.45, 7) is 7.85. The first-order valence-electron chi connectivity index (χ1n) is 9.40. The molecule has 146 valence electrons. The molecule has 1 aliphatic heterocycles. The normalized spacial score (nSPS) is 14.3. The van der Waals surface area contributed by atoms with Gasteiger partial charge in [0.05, 0.1) is 31.3 Å². The molecule has 0 saturated carbocycles. The molecule has 0 atom stereocenters. The molecule has 0 radical (unpaired) electrons. The van der Waals surface area contributed by atoms with Crippen molar-refractivity contribution in [1.29, 1.82) is 0 Å². The number of benzene rings is 1. The molecule has 0 amide bonds. The monoisotopic (exact) mass is 382 g/mol. The third-order valence-electron chi connectivity index (χ3n) is 4.86. The Kier molecular flexibility index (Phi) is 5.21. The maximum Gasteiger partial charge on any atom is 0.227 e. The minimum Gasteiger partial charge on any atom is -0.378 e. The Morgan fingerprint density at radius 2 is 1.86 bits per heavy atom. The second-order valence-corrected chi connectivity index (χ2v) is 6.60. The predicted octanol–water partition coefficient (Wildman–Crippen LogP) is 3.39. The number of hydrogen-bond donors (Lipinski definition) is 1. The number of imidazole rings is 1. The first-order chi connectivity index (χ1) is 13.7. The molecular weight excluding hydrogens is 359 g/mol. The molecule has 0 spiro atoms. The molecule has 2 aromatic heterocycles. The van der Waals surface area contributed by atoms with E-state index in [0.717, 1.165) is 43.5 Å². The zero-order valence-electron chi connectivity index (χ0n) is 16.0. The van der Waals surface area contributed by atoms with Crippen molar-refractivity contribution in [3.63, 3.8) is 0 Å². The van der Waals surface area contributed by atoms with Crippen LogP contribution in [0.5, 0.6) is 0 Å². The van der Waals surface area contributed by atoms with Crippen LogP contribution in [0.1, 0.15) is 12.7 Å². The fourth-order valence-electron chi connectivity index (χ4n) is 3.37. The van der Waals surface area contributed by atoms with Crippen LogP contribution in [0.15, 0.2) is 36.7 Å². The van der Waals surface area contributed by atoms with Crippen molar-refractivity contribution in [3.05, 3.63) is 48.3 Å². The van der Waals surface area contributed by atoms with Crippen LogP contribution in [-0.2, 0) is 11.3 Å². The molecule has 1 N–H and O–H groups in total. The Hall–Kier alpha value is -3.00. The van der Waals surface area contributed by atoms with E-state index in [9.17, 15) is 4.39 Å². The lowest BCUT2D eigenvalue weighted by molar-refractivity contribution is 0.122. The number of morpholine rings is 1. The number of nitrogens with one attached hydrogen (secondary N) is 1. The smallest absolute Gasteiger partial charge is 0.227 e. The highest BCUT2D eigenvalue weighted by Crippen LogP contribution is 2.25. The van der Waals surface area contributed by atoms with Gasteiger partial charge in [0.25, 0.3) is 0 Å². The van der Waals surface area contributed by atoms with Crippen LogP contribution in [0.25, 0.3) is 11.4 Å². The number of aryl methyl sites for hydroxylation is 1. The van der Waals surface area contributed by atoms with Gasteiger partial charge in [0.2, 0.25) is 5.95 Å². The molecule has 0 aliphatic carbocycles. The third-order valence-corrected chi connectivity index (χ3v) is 4.86. The Bertz CT molecular complexity index is 950. The van der Waals surface area contributed by atoms with E-state index in [1.54, 1.807) is 6.20 Å². The topological polar surface area (TPSA) is 68.1 Å². The van der Waals surface area contributed by atoms with Gasteiger partial charge in [0.1, 0.15) is 11.5 Å². The number of hydrogen-bond acceptors (Lipinski definition) is 6. The van der Waals surface area contributed by atoms with Gasteiger partial charge in [0, 0.05) is 31.0 Å². The molecule has 1 fully saturated rings. The average molecular weight is 382 g/mol. The molecule has 7 nitrogen and oxygen atoms in total. The molecule has 3 heterocycles. The van der Waals surface area contributed by atoms with Crippen molar-refractivity contribution in [1.82, 2.24) is 19.5 Å². The van der Waals surface area contributed by atoms with E-state index >= 15 is 0 Å². The fourth-order valence-corrected chi connectivity index (χ4v) is 3.37. The zero-order chi connectivity index (χ0) is 19.5. The Morgan fingerprint density at radius 1 is 1.11 bits per heavy atom. The van der Waals surface area contributed by atoms with Crippen LogP contribution in [-0.4, -0.2) is 45.8 Å². The van der Waals surface area contributed by atoms with Crippen LogP contribution in [0.4, 0.5) is 21.7 Å². The summed E-state index contributed by atoms with van der Waals surface area (Å²) in [6.07, 6.45) is 2.83. The van der Waals surface area contributed by atoms with Gasteiger partial charge in [-0.1, -0.05) is 0 Å². The second-order valence-electron chi connectivity index (χ2n) is 6.60. The molecule has 8 heteroatoms. The van der Waals surface area contributed by atoms with Crippen LogP contribution in [0.3, 0.4) is 0 Å². The quantitative estimate of drug-likeness (QED) is 0.730. The van der Waals surface area contributed by atoms with Gasteiger partial charge >= 0.3 is 0 Å². The Balaban J connectivity index is 1.55. The highest BCUT2D eigenvalue weighted by atomic mass is 19.1. The number of aromatic nitrogens is 4. The number of halogens is 1. The highest BCUT2D eigenvalue weighted by Gasteiger charge is 2.16. The summed E-state index contributed by atoms with van der Waals surface area (Å²) in [4.78, 5) is 15.0. The standard InChI is InChI=1S/C20H23FN6O/c1-3-27-14(2)22-13-18(27)19-17(21)12-23-20(25-19)24-15-4-6-16(7-5-15)26-8-10-28-11-9-26/h4-7,12-13H,3,8-11H2,1-2H3,(H,23,24,25). The average Bonchev–Trinajstić information content (AvgIpc) is 3.11. The summed E-state index contributed by atoms with van der Waals surface area (Å²) in [5.41, 5.74) is 2.88. The zero-order valence-corrected chi connectivity index (χ0v) is 16.0. The van der Waals surface area contributed by atoms with Crippen LogP contribution < -0.4 is 10.2 Å². The van der Waals surface area contributed by atoms with E-state index in [0.29, 0.717) is 18.2 Å². The van der Waals surface area contributed by atoms with Crippen molar-refractivity contribution in [2.75, 3.05) is 36.5 Å². The lowest BCUT2D eigenvalue weighted by Crippen LogP contribution is -2.36. The van der Waals surface area contributed by atoms with Crippen LogP contribution in [0, 0.1) is 12.7 Å². The molecule has 0 bridgehead atoms. The lowest BCUT2D eigenvalue weighted by Gasteiger charge is -2.28. The Labute approximate surface area is 163 Å². The molecule has 0 unspecified atom stereocenters. The van der Waals surface area contributed by atoms with Crippen molar-refractivity contribution in [2.45, 2.75) is 20.4 Å². The van der Waals surface area contributed by atoms with Gasteiger partial charge < -0.3 is 19.5 Å². The summed E-state index contributed by atoms with van der Waals surface area (Å²) in [7, 11) is 0. The second kappa shape index (κ2) is 7.93. The number of rotatable bonds is 5. The van der Waals surface area contributed by atoms with Gasteiger partial charge in [-0.05, 0) is 38.1 Å². The van der Waals surface area contributed by atoms with Crippen molar-refractivity contribution in [2.24, 2.45) is 0 Å².